The van der Waals surface area contributed by atoms with Gasteiger partial charge in [-0.2, -0.15) is 5.10 Å². The summed E-state index contributed by atoms with van der Waals surface area (Å²) in [5, 5.41) is 4.36. The molecule has 0 aliphatic carbocycles. The van der Waals surface area contributed by atoms with Gasteiger partial charge in [-0.1, -0.05) is 19.1 Å². The van der Waals surface area contributed by atoms with Crippen molar-refractivity contribution in [1.82, 2.24) is 24.6 Å². The first-order valence-corrected chi connectivity index (χ1v) is 10.1. The number of likely N-dealkylation sites (tertiary alicyclic amines) is 1. The number of aromatic nitrogens is 3. The number of piperidine rings is 1. The smallest absolute Gasteiger partial charge is 0.147 e. The molecule has 5 nitrogen and oxygen atoms in total. The Bertz CT molecular complexity index is 729. The Morgan fingerprint density at radius 2 is 2.19 bits per heavy atom. The SMILES string of the molecule is CCN(Cc1nc(C)nn1C)C[C@@H]1CCCN(CCc2cccc(F)c2)C1. The van der Waals surface area contributed by atoms with Gasteiger partial charge < -0.3 is 4.90 Å². The Balaban J connectivity index is 1.50. The van der Waals surface area contributed by atoms with Crippen LogP contribution >= 0.6 is 0 Å². The molecule has 1 saturated heterocycles. The molecule has 0 N–H and O–H groups in total. The zero-order chi connectivity index (χ0) is 19.2. The molecule has 6 heteroatoms. The van der Waals surface area contributed by atoms with E-state index in [1.54, 1.807) is 12.1 Å². The summed E-state index contributed by atoms with van der Waals surface area (Å²) < 4.78 is 15.2. The third-order valence-electron chi connectivity index (χ3n) is 5.50. The highest BCUT2D eigenvalue weighted by molar-refractivity contribution is 5.16. The lowest BCUT2D eigenvalue weighted by Crippen LogP contribution is -2.41. The summed E-state index contributed by atoms with van der Waals surface area (Å²) in [7, 11) is 1.97. The minimum atomic E-state index is -0.137. The van der Waals surface area contributed by atoms with Crippen LogP contribution < -0.4 is 0 Å². The van der Waals surface area contributed by atoms with Crippen LogP contribution in [0.3, 0.4) is 0 Å². The van der Waals surface area contributed by atoms with Gasteiger partial charge in [-0.25, -0.2) is 9.37 Å². The molecule has 0 radical (unpaired) electrons. The molecular formula is C21H32FN5. The maximum atomic E-state index is 13.4. The van der Waals surface area contributed by atoms with Crippen molar-refractivity contribution < 1.29 is 4.39 Å². The Morgan fingerprint density at radius 3 is 2.89 bits per heavy atom. The zero-order valence-electron chi connectivity index (χ0n) is 16.9. The van der Waals surface area contributed by atoms with Crippen molar-refractivity contribution in [2.45, 2.75) is 39.7 Å². The van der Waals surface area contributed by atoms with Gasteiger partial charge in [0.15, 0.2) is 0 Å². The molecule has 2 aromatic rings. The molecule has 1 aromatic carbocycles. The number of hydrogen-bond donors (Lipinski definition) is 0. The zero-order valence-corrected chi connectivity index (χ0v) is 16.9. The van der Waals surface area contributed by atoms with Crippen LogP contribution in [0.1, 0.15) is 37.0 Å². The average molecular weight is 374 g/mol. The molecule has 1 atom stereocenters. The maximum Gasteiger partial charge on any atom is 0.147 e. The van der Waals surface area contributed by atoms with Crippen LogP contribution in [0.15, 0.2) is 24.3 Å². The van der Waals surface area contributed by atoms with Crippen LogP contribution in [0, 0.1) is 18.7 Å². The van der Waals surface area contributed by atoms with Crippen LogP contribution in [0.4, 0.5) is 4.39 Å². The summed E-state index contributed by atoms with van der Waals surface area (Å²) in [5.74, 6) is 2.42. The fourth-order valence-electron chi connectivity index (χ4n) is 4.05. The highest BCUT2D eigenvalue weighted by Gasteiger charge is 2.22. The third kappa shape index (κ3) is 5.84. The molecule has 148 valence electrons. The molecular weight excluding hydrogens is 341 g/mol. The van der Waals surface area contributed by atoms with Crippen molar-refractivity contribution in [1.29, 1.82) is 0 Å². The van der Waals surface area contributed by atoms with Gasteiger partial charge in [-0.3, -0.25) is 9.58 Å². The van der Waals surface area contributed by atoms with Crippen LogP contribution in [0.2, 0.25) is 0 Å². The van der Waals surface area contributed by atoms with E-state index in [4.69, 9.17) is 0 Å². The lowest BCUT2D eigenvalue weighted by Gasteiger charge is -2.35. The largest absolute Gasteiger partial charge is 0.303 e. The fraction of sp³-hybridized carbons (Fsp3) is 0.619. The van der Waals surface area contributed by atoms with Crippen molar-refractivity contribution in [3.8, 4) is 0 Å². The Hall–Kier alpha value is -1.79. The number of benzene rings is 1. The molecule has 1 aliphatic rings. The van der Waals surface area contributed by atoms with Crippen molar-refractivity contribution in [3.05, 3.63) is 47.3 Å². The van der Waals surface area contributed by atoms with Gasteiger partial charge in [0.05, 0.1) is 6.54 Å². The molecule has 0 saturated carbocycles. The van der Waals surface area contributed by atoms with E-state index in [-0.39, 0.29) is 5.82 Å². The minimum Gasteiger partial charge on any atom is -0.303 e. The predicted molar refractivity (Wildman–Crippen MR) is 106 cm³/mol. The molecule has 0 bridgehead atoms. The number of rotatable bonds is 8. The third-order valence-corrected chi connectivity index (χ3v) is 5.50. The van der Waals surface area contributed by atoms with Gasteiger partial charge in [0, 0.05) is 26.7 Å². The molecule has 0 spiro atoms. The summed E-state index contributed by atoms with van der Waals surface area (Å²) in [6.07, 6.45) is 3.44. The van der Waals surface area contributed by atoms with Crippen molar-refractivity contribution in [3.63, 3.8) is 0 Å². The molecule has 3 rings (SSSR count). The van der Waals surface area contributed by atoms with Crippen LogP contribution in [0.25, 0.3) is 0 Å². The van der Waals surface area contributed by atoms with Gasteiger partial charge in [-0.05, 0) is 62.9 Å². The second-order valence-corrected chi connectivity index (χ2v) is 7.72. The van der Waals surface area contributed by atoms with E-state index >= 15 is 0 Å². The standard InChI is InChI=1S/C21H32FN5/c1-4-26(16-21-23-17(2)24-25(21)3)14-19-8-6-11-27(15-19)12-10-18-7-5-9-20(22)13-18/h5,7,9,13,19H,4,6,8,10-12,14-16H2,1-3H3/t19-/m0/s1. The number of halogens is 1. The lowest BCUT2D eigenvalue weighted by molar-refractivity contribution is 0.131. The van der Waals surface area contributed by atoms with Crippen molar-refractivity contribution in [2.75, 3.05) is 32.7 Å². The van der Waals surface area contributed by atoms with Gasteiger partial charge in [0.1, 0.15) is 17.5 Å². The maximum absolute atomic E-state index is 13.4. The van der Waals surface area contributed by atoms with E-state index in [1.165, 1.54) is 18.9 Å². The first kappa shape index (κ1) is 20.0. The molecule has 2 heterocycles. The van der Waals surface area contributed by atoms with Gasteiger partial charge >= 0.3 is 0 Å². The fourth-order valence-corrected chi connectivity index (χ4v) is 4.05. The normalized spacial score (nSPS) is 18.3. The van der Waals surface area contributed by atoms with E-state index < -0.39 is 0 Å². The summed E-state index contributed by atoms with van der Waals surface area (Å²) in [5.41, 5.74) is 1.09. The van der Waals surface area contributed by atoms with E-state index in [2.05, 4.69) is 26.8 Å². The number of nitrogens with zero attached hydrogens (tertiary/aromatic N) is 5. The predicted octanol–water partition coefficient (Wildman–Crippen LogP) is 3.04. The molecule has 0 unspecified atom stereocenters. The summed E-state index contributed by atoms with van der Waals surface area (Å²) in [4.78, 5) is 9.56. The van der Waals surface area contributed by atoms with Crippen LogP contribution in [0.5, 0.6) is 0 Å². The van der Waals surface area contributed by atoms with E-state index in [9.17, 15) is 4.39 Å². The van der Waals surface area contributed by atoms with E-state index in [0.29, 0.717) is 5.92 Å². The van der Waals surface area contributed by atoms with E-state index in [1.807, 2.05) is 24.7 Å². The topological polar surface area (TPSA) is 37.2 Å². The molecule has 27 heavy (non-hydrogen) atoms. The number of aryl methyl sites for hydroxylation is 2. The highest BCUT2D eigenvalue weighted by Crippen LogP contribution is 2.19. The summed E-state index contributed by atoms with van der Waals surface area (Å²) in [6.45, 7) is 10.4. The first-order valence-electron chi connectivity index (χ1n) is 10.1. The van der Waals surface area contributed by atoms with E-state index in [0.717, 1.165) is 62.9 Å². The van der Waals surface area contributed by atoms with Gasteiger partial charge in [0.2, 0.25) is 0 Å². The Labute approximate surface area is 162 Å². The molecule has 1 fully saturated rings. The minimum absolute atomic E-state index is 0.137. The van der Waals surface area contributed by atoms with Crippen molar-refractivity contribution >= 4 is 0 Å². The molecule has 0 amide bonds. The Morgan fingerprint density at radius 1 is 1.33 bits per heavy atom. The Kier molecular flexibility index (Phi) is 6.96. The van der Waals surface area contributed by atoms with Gasteiger partial charge in [-0.15, -0.1) is 0 Å². The summed E-state index contributed by atoms with van der Waals surface area (Å²) in [6, 6.07) is 6.99. The second kappa shape index (κ2) is 9.42. The van der Waals surface area contributed by atoms with Crippen LogP contribution in [-0.4, -0.2) is 57.3 Å². The first-order chi connectivity index (χ1) is 13.0. The average Bonchev–Trinajstić information content (AvgIpc) is 2.97. The monoisotopic (exact) mass is 373 g/mol. The molecule has 1 aliphatic heterocycles. The second-order valence-electron chi connectivity index (χ2n) is 7.72. The van der Waals surface area contributed by atoms with Crippen LogP contribution in [-0.2, 0) is 20.0 Å². The molecule has 1 aromatic heterocycles. The van der Waals surface area contributed by atoms with Gasteiger partial charge in [0.25, 0.3) is 0 Å². The lowest BCUT2D eigenvalue weighted by atomic mass is 9.97. The van der Waals surface area contributed by atoms with Crippen molar-refractivity contribution in [2.24, 2.45) is 13.0 Å². The summed E-state index contributed by atoms with van der Waals surface area (Å²) >= 11 is 0. The highest BCUT2D eigenvalue weighted by atomic mass is 19.1. The quantitative estimate of drug-likeness (QED) is 0.713. The number of hydrogen-bond acceptors (Lipinski definition) is 4.